The van der Waals surface area contributed by atoms with Crippen LogP contribution in [0.5, 0.6) is 5.75 Å². The van der Waals surface area contributed by atoms with Crippen LogP contribution in [-0.2, 0) is 25.7 Å². The van der Waals surface area contributed by atoms with Crippen molar-refractivity contribution in [2.24, 2.45) is 5.92 Å². The largest absolute Gasteiger partial charge is 0.488 e. The number of nitrogens with one attached hydrogen (secondary N) is 4. The van der Waals surface area contributed by atoms with Crippen LogP contribution in [0.2, 0.25) is 0 Å². The first-order chi connectivity index (χ1) is 29.3. The van der Waals surface area contributed by atoms with Crippen LogP contribution in [0.4, 0.5) is 9.59 Å². The number of likely N-dealkylation sites (tertiary alicyclic amines) is 2. The zero-order valence-electron chi connectivity index (χ0n) is 35.6. The second kappa shape index (κ2) is 16.7. The summed E-state index contributed by atoms with van der Waals surface area (Å²) in [4.78, 5) is 72.1. The van der Waals surface area contributed by atoms with E-state index in [4.69, 9.17) is 24.2 Å². The van der Waals surface area contributed by atoms with Gasteiger partial charge in [0.2, 0.25) is 11.8 Å². The van der Waals surface area contributed by atoms with Crippen molar-refractivity contribution in [3.05, 3.63) is 65.9 Å². The highest BCUT2D eigenvalue weighted by molar-refractivity contribution is 6.07. The number of H-pyrrole nitrogens is 2. The monoisotopic (exact) mass is 834 g/mol. The van der Waals surface area contributed by atoms with E-state index in [1.54, 1.807) is 18.0 Å². The summed E-state index contributed by atoms with van der Waals surface area (Å²) in [5, 5.41) is 16.6. The van der Waals surface area contributed by atoms with Gasteiger partial charge in [0.25, 0.3) is 0 Å². The highest BCUT2D eigenvalue weighted by atomic mass is 16.5. The Bertz CT molecular complexity index is 2500. The van der Waals surface area contributed by atoms with Crippen LogP contribution in [0.15, 0.2) is 48.7 Å². The SMILES string of the molecule is CC[C@H]1CC[C@@H](c2nc3ccc4cc5c(cc4c3[nH]2)OCc2cc(-c3cnc([C@@H]4CC[C@H](C)N4C(=O)[C@@H](NC(=O)OC)C(C)C)[nH]3)ccc2-5)N1C(=O)[C@@H](NC(=O)O)[C@@H](C)OC. The summed E-state index contributed by atoms with van der Waals surface area (Å²) in [6.45, 7) is 9.90. The molecule has 322 valence electrons. The molecule has 2 aromatic heterocycles. The van der Waals surface area contributed by atoms with E-state index in [-0.39, 0.29) is 41.9 Å². The Morgan fingerprint density at radius 1 is 0.902 bits per heavy atom. The normalized spacial score (nSPS) is 21.2. The lowest BCUT2D eigenvalue weighted by molar-refractivity contribution is -0.140. The molecular formula is C45H54N8O8. The summed E-state index contributed by atoms with van der Waals surface area (Å²) in [7, 11) is 2.75. The van der Waals surface area contributed by atoms with Gasteiger partial charge in [0, 0.05) is 30.1 Å². The second-order valence-electron chi connectivity index (χ2n) is 16.8. The smallest absolute Gasteiger partial charge is 0.407 e. The first-order valence-electron chi connectivity index (χ1n) is 21.1. The van der Waals surface area contributed by atoms with Crippen molar-refractivity contribution in [3.8, 4) is 28.1 Å². The van der Waals surface area contributed by atoms with Gasteiger partial charge in [0.05, 0.1) is 48.2 Å². The van der Waals surface area contributed by atoms with Gasteiger partial charge in [-0.3, -0.25) is 9.59 Å². The number of methoxy groups -OCH3 is 2. The first-order valence-corrected chi connectivity index (χ1v) is 21.1. The molecule has 61 heavy (non-hydrogen) atoms. The van der Waals surface area contributed by atoms with Crippen LogP contribution >= 0.6 is 0 Å². The minimum absolute atomic E-state index is 0.0231. The molecule has 0 aliphatic carbocycles. The van der Waals surface area contributed by atoms with Crippen molar-refractivity contribution >= 4 is 45.8 Å². The summed E-state index contributed by atoms with van der Waals surface area (Å²) in [6.07, 6.45) is 2.96. The Labute approximate surface area is 353 Å². The molecule has 16 nitrogen and oxygen atoms in total. The van der Waals surface area contributed by atoms with Crippen LogP contribution in [0, 0.1) is 5.92 Å². The maximum atomic E-state index is 14.0. The number of fused-ring (bicyclic) bond motifs is 6. The van der Waals surface area contributed by atoms with Crippen LogP contribution < -0.4 is 15.4 Å². The van der Waals surface area contributed by atoms with Crippen LogP contribution in [0.25, 0.3) is 44.2 Å². The number of hydrogen-bond acceptors (Lipinski definition) is 9. The van der Waals surface area contributed by atoms with Gasteiger partial charge in [0.15, 0.2) is 0 Å². The van der Waals surface area contributed by atoms with Crippen molar-refractivity contribution < 1.29 is 38.5 Å². The number of benzene rings is 3. The van der Waals surface area contributed by atoms with Gasteiger partial charge in [-0.05, 0) is 98.2 Å². The molecule has 3 aliphatic heterocycles. The van der Waals surface area contributed by atoms with E-state index in [1.807, 2.05) is 50.8 Å². The molecule has 8 rings (SSSR count). The molecule has 5 heterocycles. The Morgan fingerprint density at radius 2 is 1.66 bits per heavy atom. The number of hydrogen-bond donors (Lipinski definition) is 5. The van der Waals surface area contributed by atoms with Gasteiger partial charge in [-0.15, -0.1) is 0 Å². The molecule has 7 atom stereocenters. The third-order valence-electron chi connectivity index (χ3n) is 12.8. The zero-order chi connectivity index (χ0) is 43.3. The van der Waals surface area contributed by atoms with E-state index >= 15 is 0 Å². The molecule has 0 bridgehead atoms. The fourth-order valence-corrected chi connectivity index (χ4v) is 9.47. The quantitative estimate of drug-likeness (QED) is 0.0905. The molecule has 0 unspecified atom stereocenters. The maximum absolute atomic E-state index is 14.0. The van der Waals surface area contributed by atoms with Crippen LogP contribution in [-0.4, -0.2) is 103 Å². The number of carbonyl (C=O) groups excluding carboxylic acids is 3. The Hall–Kier alpha value is -6.16. The second-order valence-corrected chi connectivity index (χ2v) is 16.8. The average molecular weight is 835 g/mol. The summed E-state index contributed by atoms with van der Waals surface area (Å²) in [6, 6.07) is 12.0. The Kier molecular flexibility index (Phi) is 11.4. The molecule has 3 aliphatic rings. The molecule has 2 saturated heterocycles. The number of carbonyl (C=O) groups is 4. The number of imidazole rings is 2. The highest BCUT2D eigenvalue weighted by Crippen LogP contribution is 2.44. The number of amides is 4. The fraction of sp³-hybridized carbons (Fsp3) is 0.467. The Balaban J connectivity index is 1.05. The van der Waals surface area contributed by atoms with Gasteiger partial charge in [0.1, 0.15) is 36.1 Å². The van der Waals surface area contributed by atoms with E-state index in [1.165, 1.54) is 14.2 Å². The molecule has 16 heteroatoms. The fourth-order valence-electron chi connectivity index (χ4n) is 9.47. The van der Waals surface area contributed by atoms with Gasteiger partial charge in [-0.25, -0.2) is 19.6 Å². The van der Waals surface area contributed by atoms with Gasteiger partial charge in [-0.1, -0.05) is 39.0 Å². The van der Waals surface area contributed by atoms with Crippen molar-refractivity contribution in [1.29, 1.82) is 0 Å². The standard InChI is InChI=1S/C45H54N8O8/c1-8-28-12-16-35(53(28)43(55)38(24(5)59-6)50-44(56)57)41-47-32-14-11-25-18-31-29-13-10-26(17-27(29)21-61-36(31)19-30(25)39(32)49-41)33-20-46-40(48-33)34-15-9-23(4)52(34)42(54)37(22(2)3)51-45(58)60-7/h10-11,13-14,17-20,22-24,28,34-35,37-38,50H,8-9,12,15-16,21H2,1-7H3,(H,46,48)(H,47,49)(H,51,58)(H,56,57)/t23-,24+,28-,34-,35-,37-,38-/m0/s1. The van der Waals surface area contributed by atoms with E-state index in [0.29, 0.717) is 24.7 Å². The number of aromatic amines is 2. The lowest BCUT2D eigenvalue weighted by Gasteiger charge is -2.34. The van der Waals surface area contributed by atoms with Crippen molar-refractivity contribution in [3.63, 3.8) is 0 Å². The molecule has 0 saturated carbocycles. The van der Waals surface area contributed by atoms with E-state index in [2.05, 4.69) is 44.9 Å². The minimum atomic E-state index is -1.29. The topological polar surface area (TPSA) is 204 Å². The van der Waals surface area contributed by atoms with Gasteiger partial charge in [-0.2, -0.15) is 0 Å². The van der Waals surface area contributed by atoms with Gasteiger partial charge < -0.3 is 49.7 Å². The van der Waals surface area contributed by atoms with Gasteiger partial charge >= 0.3 is 12.2 Å². The summed E-state index contributed by atoms with van der Waals surface area (Å²) in [5.74, 6) is 1.48. The van der Waals surface area contributed by atoms with E-state index < -0.39 is 30.4 Å². The van der Waals surface area contributed by atoms with Crippen LogP contribution in [0.3, 0.4) is 0 Å². The average Bonchev–Trinajstić information content (AvgIpc) is 4.08. The highest BCUT2D eigenvalue weighted by Gasteiger charge is 2.44. The van der Waals surface area contributed by atoms with Crippen molar-refractivity contribution in [2.45, 2.75) is 116 Å². The first kappa shape index (κ1) is 41.6. The predicted molar refractivity (Wildman–Crippen MR) is 228 cm³/mol. The molecule has 0 spiro atoms. The number of carboxylic acid groups (broad SMARTS) is 1. The zero-order valence-corrected chi connectivity index (χ0v) is 35.6. The number of aromatic nitrogens is 4. The van der Waals surface area contributed by atoms with E-state index in [0.717, 1.165) is 81.2 Å². The van der Waals surface area contributed by atoms with Crippen LogP contribution in [0.1, 0.15) is 96.0 Å². The minimum Gasteiger partial charge on any atom is -0.488 e. The molecule has 3 aromatic carbocycles. The number of nitrogens with zero attached hydrogens (tertiary/aromatic N) is 4. The molecule has 2 fully saturated rings. The predicted octanol–water partition coefficient (Wildman–Crippen LogP) is 7.21. The number of ether oxygens (including phenoxy) is 3. The lowest BCUT2D eigenvalue weighted by Crippen LogP contribution is -2.55. The summed E-state index contributed by atoms with van der Waals surface area (Å²) >= 11 is 0. The Morgan fingerprint density at radius 3 is 2.38 bits per heavy atom. The maximum Gasteiger partial charge on any atom is 0.407 e. The third-order valence-corrected chi connectivity index (χ3v) is 12.8. The van der Waals surface area contributed by atoms with E-state index in [9.17, 15) is 24.3 Å². The molecule has 0 radical (unpaired) electrons. The summed E-state index contributed by atoms with van der Waals surface area (Å²) in [5.41, 5.74) is 6.44. The number of alkyl carbamates (subject to hydrolysis) is 1. The molecular weight excluding hydrogens is 781 g/mol. The third kappa shape index (κ3) is 7.62. The molecule has 5 N–H and O–H groups in total. The van der Waals surface area contributed by atoms with Crippen molar-refractivity contribution in [2.75, 3.05) is 14.2 Å². The summed E-state index contributed by atoms with van der Waals surface area (Å²) < 4.78 is 16.6. The van der Waals surface area contributed by atoms with Crippen molar-refractivity contribution in [1.82, 2.24) is 40.4 Å². The molecule has 4 amide bonds. The number of rotatable bonds is 11. The molecule has 5 aromatic rings. The lowest BCUT2D eigenvalue weighted by atomic mass is 9.92.